The van der Waals surface area contributed by atoms with Gasteiger partial charge in [-0.05, 0) is 34.9 Å². The van der Waals surface area contributed by atoms with Crippen LogP contribution < -0.4 is 16.2 Å². The largest absolute Gasteiger partial charge is 0.353 e. The van der Waals surface area contributed by atoms with Gasteiger partial charge in [0, 0.05) is 30.6 Å². The lowest BCUT2D eigenvalue weighted by Crippen LogP contribution is -2.41. The molecule has 1 atom stereocenters. The fraction of sp³-hybridized carbons (Fsp3) is 0.733. The topological polar surface area (TPSA) is 70.3 Å². The van der Waals surface area contributed by atoms with E-state index in [2.05, 4.69) is 62.0 Å². The molecule has 0 aliphatic carbocycles. The minimum atomic E-state index is 0.263. The quantitative estimate of drug-likeness (QED) is 0.592. The second-order valence-electron chi connectivity index (χ2n) is 6.08. The van der Waals surface area contributed by atoms with E-state index in [0.29, 0.717) is 11.9 Å². The van der Waals surface area contributed by atoms with Crippen molar-refractivity contribution in [3.63, 3.8) is 0 Å². The summed E-state index contributed by atoms with van der Waals surface area (Å²) in [4.78, 5) is 13.8. The third-order valence-corrected chi connectivity index (χ3v) is 3.56. The first-order valence-electron chi connectivity index (χ1n) is 7.58. The molecule has 3 N–H and O–H groups in total. The van der Waals surface area contributed by atoms with Gasteiger partial charge < -0.3 is 15.2 Å². The molecule has 0 aliphatic heterocycles. The Kier molecular flexibility index (Phi) is 6.36. The predicted molar refractivity (Wildman–Crippen MR) is 89.7 cm³/mol. The molecule has 1 aromatic heterocycles. The van der Waals surface area contributed by atoms with E-state index >= 15 is 0 Å². The fourth-order valence-electron chi connectivity index (χ4n) is 2.50. The lowest BCUT2D eigenvalue weighted by molar-refractivity contribution is 0.372. The van der Waals surface area contributed by atoms with Crippen LogP contribution in [0.15, 0.2) is 0 Å². The first kappa shape index (κ1) is 17.7. The lowest BCUT2D eigenvalue weighted by atomic mass is 10.1. The zero-order valence-electron chi connectivity index (χ0n) is 14.4. The molecule has 0 saturated carbocycles. The van der Waals surface area contributed by atoms with Gasteiger partial charge in [-0.15, -0.1) is 0 Å². The summed E-state index contributed by atoms with van der Waals surface area (Å²) < 4.78 is 0. The van der Waals surface area contributed by atoms with E-state index in [1.165, 1.54) is 0 Å². The van der Waals surface area contributed by atoms with Crippen molar-refractivity contribution < 1.29 is 0 Å². The van der Waals surface area contributed by atoms with Crippen LogP contribution in [0.5, 0.6) is 0 Å². The maximum atomic E-state index is 5.62. The van der Waals surface area contributed by atoms with Gasteiger partial charge >= 0.3 is 0 Å². The third kappa shape index (κ3) is 4.28. The molecule has 6 heteroatoms. The second kappa shape index (κ2) is 7.56. The predicted octanol–water partition coefficient (Wildman–Crippen LogP) is 1.97. The highest BCUT2D eigenvalue weighted by Gasteiger charge is 2.21. The highest BCUT2D eigenvalue weighted by atomic mass is 15.3. The Morgan fingerprint density at radius 1 is 1.19 bits per heavy atom. The van der Waals surface area contributed by atoms with Crippen molar-refractivity contribution in [2.75, 3.05) is 37.5 Å². The molecule has 1 rings (SSSR count). The van der Waals surface area contributed by atoms with Crippen LogP contribution in [0.4, 0.5) is 11.6 Å². The molecule has 6 nitrogen and oxygen atoms in total. The van der Waals surface area contributed by atoms with E-state index in [1.807, 2.05) is 6.92 Å². The first-order chi connectivity index (χ1) is 9.81. The number of nitrogen functional groups attached to an aromatic ring is 1. The summed E-state index contributed by atoms with van der Waals surface area (Å²) in [5.74, 6) is 8.38. The Hall–Kier alpha value is -1.40. The van der Waals surface area contributed by atoms with E-state index < -0.39 is 0 Å². The van der Waals surface area contributed by atoms with Gasteiger partial charge in [-0.1, -0.05) is 13.8 Å². The zero-order valence-corrected chi connectivity index (χ0v) is 14.4. The van der Waals surface area contributed by atoms with Crippen LogP contribution in [0.25, 0.3) is 0 Å². The number of nitrogens with zero attached hydrogens (tertiary/aromatic N) is 4. The van der Waals surface area contributed by atoms with E-state index in [0.717, 1.165) is 30.3 Å². The summed E-state index contributed by atoms with van der Waals surface area (Å²) in [6.07, 6.45) is 0. The average Bonchev–Trinajstić information content (AvgIpc) is 2.40. The number of hydrogen-bond acceptors (Lipinski definition) is 6. The maximum absolute atomic E-state index is 5.62. The second-order valence-corrected chi connectivity index (χ2v) is 6.08. The highest BCUT2D eigenvalue weighted by Crippen LogP contribution is 2.26. The number of rotatable bonds is 7. The molecule has 1 unspecified atom stereocenters. The minimum Gasteiger partial charge on any atom is -0.353 e. The summed E-state index contributed by atoms with van der Waals surface area (Å²) in [7, 11) is 4.17. The maximum Gasteiger partial charge on any atom is 0.148 e. The van der Waals surface area contributed by atoms with Gasteiger partial charge in [-0.2, -0.15) is 0 Å². The number of hydrazine groups is 1. The molecule has 0 amide bonds. The SMILES string of the molecule is CCN(c1nc(C(C)C)nc(NN)c1C)C(C)CN(C)C. The molecule has 0 bridgehead atoms. The fourth-order valence-corrected chi connectivity index (χ4v) is 2.50. The third-order valence-electron chi connectivity index (χ3n) is 3.56. The van der Waals surface area contributed by atoms with Gasteiger partial charge in [0.15, 0.2) is 0 Å². The van der Waals surface area contributed by atoms with Gasteiger partial charge in [0.05, 0.1) is 0 Å². The normalized spacial score (nSPS) is 12.9. The number of likely N-dealkylation sites (N-methyl/N-ethyl adjacent to an activating group) is 2. The number of nitrogens with one attached hydrogen (secondary N) is 1. The van der Waals surface area contributed by atoms with E-state index in [1.54, 1.807) is 0 Å². The molecule has 0 spiro atoms. The van der Waals surface area contributed by atoms with Gasteiger partial charge in [-0.25, -0.2) is 15.8 Å². The van der Waals surface area contributed by atoms with Gasteiger partial charge in [0.1, 0.15) is 17.5 Å². The van der Waals surface area contributed by atoms with E-state index in [4.69, 9.17) is 10.8 Å². The summed E-state index contributed by atoms with van der Waals surface area (Å²) in [5, 5.41) is 0. The monoisotopic (exact) mass is 294 g/mol. The molecule has 0 radical (unpaired) electrons. The Labute approximate surface area is 128 Å². The van der Waals surface area contributed by atoms with Crippen molar-refractivity contribution in [1.82, 2.24) is 14.9 Å². The number of hydrogen-bond donors (Lipinski definition) is 2. The molecule has 0 aliphatic rings. The summed E-state index contributed by atoms with van der Waals surface area (Å²) in [6, 6.07) is 0.365. The van der Waals surface area contributed by atoms with Crippen LogP contribution in [-0.2, 0) is 0 Å². The number of aromatic nitrogens is 2. The Morgan fingerprint density at radius 3 is 2.24 bits per heavy atom. The van der Waals surface area contributed by atoms with Gasteiger partial charge in [0.25, 0.3) is 0 Å². The average molecular weight is 294 g/mol. The van der Waals surface area contributed by atoms with E-state index in [-0.39, 0.29) is 5.92 Å². The van der Waals surface area contributed by atoms with Crippen LogP contribution >= 0.6 is 0 Å². The minimum absolute atomic E-state index is 0.263. The standard InChI is InChI=1S/C15H30N6/c1-8-21(11(4)9-20(6)7)15-12(5)14(19-16)17-13(18-15)10(2)3/h10-11H,8-9,16H2,1-7H3,(H,17,18,19). The van der Waals surface area contributed by atoms with Crippen molar-refractivity contribution in [3.8, 4) is 0 Å². The molecular formula is C15H30N6. The van der Waals surface area contributed by atoms with Crippen LogP contribution in [0, 0.1) is 6.92 Å². The zero-order chi connectivity index (χ0) is 16.2. The lowest BCUT2D eigenvalue weighted by Gasteiger charge is -2.32. The van der Waals surface area contributed by atoms with Crippen LogP contribution in [0.2, 0.25) is 0 Å². The molecular weight excluding hydrogens is 264 g/mol. The smallest absolute Gasteiger partial charge is 0.148 e. The van der Waals surface area contributed by atoms with Gasteiger partial charge in [0.2, 0.25) is 0 Å². The molecule has 0 saturated heterocycles. The first-order valence-corrected chi connectivity index (χ1v) is 7.58. The van der Waals surface area contributed by atoms with Crippen molar-refractivity contribution in [1.29, 1.82) is 0 Å². The molecule has 1 heterocycles. The summed E-state index contributed by atoms with van der Waals surface area (Å²) >= 11 is 0. The number of nitrogens with two attached hydrogens (primary N) is 1. The van der Waals surface area contributed by atoms with Gasteiger partial charge in [-0.3, -0.25) is 0 Å². The molecule has 21 heavy (non-hydrogen) atoms. The highest BCUT2D eigenvalue weighted by molar-refractivity contribution is 5.58. The van der Waals surface area contributed by atoms with Crippen molar-refractivity contribution in [2.45, 2.75) is 46.6 Å². The Balaban J connectivity index is 3.27. The number of anilines is 2. The van der Waals surface area contributed by atoms with Crippen molar-refractivity contribution in [3.05, 3.63) is 11.4 Å². The molecule has 0 fully saturated rings. The summed E-state index contributed by atoms with van der Waals surface area (Å²) in [5.41, 5.74) is 3.70. The van der Waals surface area contributed by atoms with Crippen LogP contribution in [-0.4, -0.2) is 48.1 Å². The Morgan fingerprint density at radius 2 is 1.81 bits per heavy atom. The molecule has 120 valence electrons. The van der Waals surface area contributed by atoms with E-state index in [9.17, 15) is 0 Å². The summed E-state index contributed by atoms with van der Waals surface area (Å²) in [6.45, 7) is 12.4. The molecule has 1 aromatic rings. The molecule has 0 aromatic carbocycles. The Bertz CT molecular complexity index is 458. The van der Waals surface area contributed by atoms with Crippen molar-refractivity contribution in [2.24, 2.45) is 5.84 Å². The van der Waals surface area contributed by atoms with Crippen molar-refractivity contribution >= 4 is 11.6 Å². The van der Waals surface area contributed by atoms with Crippen LogP contribution in [0.1, 0.15) is 45.0 Å². The van der Waals surface area contributed by atoms with Crippen LogP contribution in [0.3, 0.4) is 0 Å².